The Kier molecular flexibility index (Phi) is 5.40. The van der Waals surface area contributed by atoms with Crippen molar-refractivity contribution >= 4 is 11.6 Å². The fourth-order valence-corrected chi connectivity index (χ4v) is 3.38. The Labute approximate surface area is 105 Å². The number of hydrogen-bond donors (Lipinski definition) is 0. The topological polar surface area (TPSA) is 6.48 Å². The first-order chi connectivity index (χ1) is 7.90. The Morgan fingerprint density at radius 3 is 2.44 bits per heavy atom. The van der Waals surface area contributed by atoms with Crippen LogP contribution in [0.2, 0.25) is 0 Å². The van der Waals surface area contributed by atoms with Crippen LogP contribution in [0.25, 0.3) is 0 Å². The number of halogens is 1. The van der Waals surface area contributed by atoms with Gasteiger partial charge in [-0.3, -0.25) is 4.90 Å². The molecule has 0 aromatic heterocycles. The number of rotatable bonds is 3. The second-order valence-corrected chi connectivity index (χ2v) is 5.59. The largest absolute Gasteiger partial charge is 0.301 e. The molecule has 0 bridgehead atoms. The zero-order valence-corrected chi connectivity index (χ0v) is 11.1. The molecule has 0 N–H and O–H groups in total. The number of alkyl halides is 1. The quantitative estimate of drug-likeness (QED) is 0.705. The van der Waals surface area contributed by atoms with Gasteiger partial charge < -0.3 is 4.90 Å². The molecule has 1 saturated carbocycles. The predicted molar refractivity (Wildman–Crippen MR) is 70.2 cm³/mol. The Hall–Kier alpha value is 0.210. The lowest BCUT2D eigenvalue weighted by atomic mass is 9.94. The minimum absolute atomic E-state index is 0.781. The van der Waals surface area contributed by atoms with Crippen molar-refractivity contribution in [2.24, 2.45) is 0 Å². The zero-order chi connectivity index (χ0) is 11.2. The number of nitrogens with zero attached hydrogens (tertiary/aromatic N) is 2. The van der Waals surface area contributed by atoms with Crippen molar-refractivity contribution in [1.82, 2.24) is 9.80 Å². The van der Waals surface area contributed by atoms with E-state index in [2.05, 4.69) is 9.80 Å². The highest BCUT2D eigenvalue weighted by molar-refractivity contribution is 6.18. The van der Waals surface area contributed by atoms with E-state index in [1.165, 1.54) is 64.7 Å². The van der Waals surface area contributed by atoms with Gasteiger partial charge in [-0.05, 0) is 32.4 Å². The second-order valence-electron chi connectivity index (χ2n) is 5.21. The van der Waals surface area contributed by atoms with Crippen molar-refractivity contribution in [3.8, 4) is 0 Å². The molecular formula is C13H25ClN2. The van der Waals surface area contributed by atoms with Crippen molar-refractivity contribution in [3.63, 3.8) is 0 Å². The lowest BCUT2D eigenvalue weighted by molar-refractivity contribution is 0.160. The van der Waals surface area contributed by atoms with E-state index in [9.17, 15) is 0 Å². The second kappa shape index (κ2) is 6.83. The van der Waals surface area contributed by atoms with Crippen LogP contribution in [0.4, 0.5) is 0 Å². The molecule has 0 radical (unpaired) electrons. The molecule has 0 aromatic rings. The highest BCUT2D eigenvalue weighted by atomic mass is 35.5. The normalized spacial score (nSPS) is 26.8. The van der Waals surface area contributed by atoms with Crippen molar-refractivity contribution in [2.75, 3.05) is 38.6 Å². The van der Waals surface area contributed by atoms with Gasteiger partial charge in [0.05, 0.1) is 0 Å². The molecule has 0 amide bonds. The van der Waals surface area contributed by atoms with Gasteiger partial charge in [0.25, 0.3) is 0 Å². The van der Waals surface area contributed by atoms with E-state index >= 15 is 0 Å². The average Bonchev–Trinajstić information content (AvgIpc) is 2.57. The standard InChI is InChI=1S/C13H25ClN2/c14-7-10-15-8-4-9-16(12-11-15)13-5-2-1-3-6-13/h13H,1-12H2. The first kappa shape index (κ1) is 12.7. The van der Waals surface area contributed by atoms with Gasteiger partial charge in [0.1, 0.15) is 0 Å². The molecule has 0 atom stereocenters. The molecule has 2 rings (SSSR count). The lowest BCUT2D eigenvalue weighted by Gasteiger charge is -2.33. The summed E-state index contributed by atoms with van der Waals surface area (Å²) in [7, 11) is 0. The van der Waals surface area contributed by atoms with Crippen molar-refractivity contribution in [1.29, 1.82) is 0 Å². The fourth-order valence-electron chi connectivity index (χ4n) is 3.15. The summed E-state index contributed by atoms with van der Waals surface area (Å²) in [5, 5.41) is 0. The van der Waals surface area contributed by atoms with Crippen LogP contribution in [0, 0.1) is 0 Å². The Balaban J connectivity index is 1.78. The van der Waals surface area contributed by atoms with Crippen LogP contribution in [0.3, 0.4) is 0 Å². The van der Waals surface area contributed by atoms with Crippen LogP contribution in [0.5, 0.6) is 0 Å². The van der Waals surface area contributed by atoms with E-state index < -0.39 is 0 Å². The van der Waals surface area contributed by atoms with Crippen LogP contribution >= 0.6 is 11.6 Å². The van der Waals surface area contributed by atoms with E-state index in [1.54, 1.807) is 0 Å². The van der Waals surface area contributed by atoms with E-state index in [4.69, 9.17) is 11.6 Å². The molecule has 0 aromatic carbocycles. The van der Waals surface area contributed by atoms with Crippen molar-refractivity contribution in [3.05, 3.63) is 0 Å². The van der Waals surface area contributed by atoms with Crippen molar-refractivity contribution < 1.29 is 0 Å². The monoisotopic (exact) mass is 244 g/mol. The van der Waals surface area contributed by atoms with Gasteiger partial charge in [0.15, 0.2) is 0 Å². The third-order valence-electron chi connectivity index (χ3n) is 4.11. The van der Waals surface area contributed by atoms with Gasteiger partial charge in [0, 0.05) is 31.6 Å². The number of hydrogen-bond acceptors (Lipinski definition) is 2. The SMILES string of the molecule is ClCCN1CCCN(C2CCCCC2)CC1. The van der Waals surface area contributed by atoms with Crippen LogP contribution in [-0.2, 0) is 0 Å². The molecule has 1 aliphatic carbocycles. The Morgan fingerprint density at radius 2 is 1.69 bits per heavy atom. The van der Waals surface area contributed by atoms with E-state index in [0.29, 0.717) is 0 Å². The van der Waals surface area contributed by atoms with Gasteiger partial charge in [-0.2, -0.15) is 0 Å². The van der Waals surface area contributed by atoms with Gasteiger partial charge in [-0.25, -0.2) is 0 Å². The first-order valence-electron chi connectivity index (χ1n) is 6.92. The Morgan fingerprint density at radius 1 is 0.875 bits per heavy atom. The van der Waals surface area contributed by atoms with Crippen LogP contribution < -0.4 is 0 Å². The fraction of sp³-hybridized carbons (Fsp3) is 1.00. The highest BCUT2D eigenvalue weighted by Crippen LogP contribution is 2.23. The first-order valence-corrected chi connectivity index (χ1v) is 7.46. The molecule has 3 heteroatoms. The van der Waals surface area contributed by atoms with Crippen molar-refractivity contribution in [2.45, 2.75) is 44.6 Å². The molecule has 94 valence electrons. The summed E-state index contributed by atoms with van der Waals surface area (Å²) >= 11 is 5.82. The summed E-state index contributed by atoms with van der Waals surface area (Å²) in [6, 6.07) is 0.893. The van der Waals surface area contributed by atoms with Gasteiger partial charge in [-0.1, -0.05) is 19.3 Å². The maximum absolute atomic E-state index is 5.82. The third-order valence-corrected chi connectivity index (χ3v) is 4.28. The van der Waals surface area contributed by atoms with E-state index in [-0.39, 0.29) is 0 Å². The average molecular weight is 245 g/mol. The van der Waals surface area contributed by atoms with Crippen LogP contribution in [0.15, 0.2) is 0 Å². The zero-order valence-electron chi connectivity index (χ0n) is 10.3. The molecule has 2 aliphatic rings. The molecule has 16 heavy (non-hydrogen) atoms. The Bertz CT molecular complexity index is 192. The third kappa shape index (κ3) is 3.61. The minimum Gasteiger partial charge on any atom is -0.301 e. The molecule has 1 aliphatic heterocycles. The lowest BCUT2D eigenvalue weighted by Crippen LogP contribution is -2.39. The van der Waals surface area contributed by atoms with Gasteiger partial charge >= 0.3 is 0 Å². The highest BCUT2D eigenvalue weighted by Gasteiger charge is 2.23. The maximum Gasteiger partial charge on any atom is 0.0351 e. The van der Waals surface area contributed by atoms with Gasteiger partial charge in [0.2, 0.25) is 0 Å². The van der Waals surface area contributed by atoms with Crippen LogP contribution in [-0.4, -0.2) is 54.4 Å². The predicted octanol–water partition coefficient (Wildman–Crippen LogP) is 2.57. The molecule has 0 unspecified atom stereocenters. The minimum atomic E-state index is 0.781. The summed E-state index contributed by atoms with van der Waals surface area (Å²) in [4.78, 5) is 5.27. The van der Waals surface area contributed by atoms with E-state index in [0.717, 1.165) is 18.5 Å². The molecule has 2 fully saturated rings. The molecule has 1 saturated heterocycles. The summed E-state index contributed by atoms with van der Waals surface area (Å²) in [5.74, 6) is 0.781. The summed E-state index contributed by atoms with van der Waals surface area (Å²) < 4.78 is 0. The maximum atomic E-state index is 5.82. The summed E-state index contributed by atoms with van der Waals surface area (Å²) in [6.45, 7) is 6.12. The van der Waals surface area contributed by atoms with Crippen LogP contribution in [0.1, 0.15) is 38.5 Å². The van der Waals surface area contributed by atoms with E-state index in [1.807, 2.05) is 0 Å². The molecular weight excluding hydrogens is 220 g/mol. The van der Waals surface area contributed by atoms with Gasteiger partial charge in [-0.15, -0.1) is 11.6 Å². The smallest absolute Gasteiger partial charge is 0.0351 e. The molecule has 0 spiro atoms. The summed E-state index contributed by atoms with van der Waals surface area (Å²) in [5.41, 5.74) is 0. The molecule has 2 nitrogen and oxygen atoms in total. The molecule has 1 heterocycles. The summed E-state index contributed by atoms with van der Waals surface area (Å²) in [6.07, 6.45) is 8.57.